The average Bonchev–Trinajstić information content (AvgIpc) is 3.56. The first-order chi connectivity index (χ1) is 16.7. The zero-order chi connectivity index (χ0) is 23.5. The molecule has 2 aromatic heterocycles. The number of rotatable bonds is 8. The van der Waals surface area contributed by atoms with Crippen LogP contribution in [0.15, 0.2) is 57.8 Å². The quantitative estimate of drug-likeness (QED) is 0.251. The Hall–Kier alpha value is -2.88. The SMILES string of the molecule is COc1cccc(-c2nc(CSc3nc4ccccc4c(=O)n3CC3CCCO3)cs2)c1OC. The number of thiazole rings is 1. The molecule has 0 spiro atoms. The van der Waals surface area contributed by atoms with Crippen molar-refractivity contribution in [2.75, 3.05) is 20.8 Å². The molecule has 1 aliphatic heterocycles. The van der Waals surface area contributed by atoms with Crippen LogP contribution in [0.1, 0.15) is 18.5 Å². The topological polar surface area (TPSA) is 75.5 Å². The van der Waals surface area contributed by atoms with Crippen LogP contribution in [0.3, 0.4) is 0 Å². The Morgan fingerprint density at radius 2 is 2.03 bits per heavy atom. The number of methoxy groups -OCH3 is 2. The van der Waals surface area contributed by atoms with E-state index in [2.05, 4.69) is 0 Å². The monoisotopic (exact) mass is 495 g/mol. The molecule has 1 unspecified atom stereocenters. The number of hydrogen-bond acceptors (Lipinski definition) is 8. The van der Waals surface area contributed by atoms with Crippen LogP contribution < -0.4 is 15.0 Å². The van der Waals surface area contributed by atoms with E-state index in [1.807, 2.05) is 47.8 Å². The van der Waals surface area contributed by atoms with Crippen LogP contribution in [-0.2, 0) is 17.0 Å². The number of para-hydroxylation sites is 2. The van der Waals surface area contributed by atoms with Gasteiger partial charge in [0, 0.05) is 17.7 Å². The summed E-state index contributed by atoms with van der Waals surface area (Å²) in [6, 6.07) is 13.3. The predicted molar refractivity (Wildman–Crippen MR) is 135 cm³/mol. The molecule has 0 bridgehead atoms. The summed E-state index contributed by atoms with van der Waals surface area (Å²) in [5.41, 5.74) is 2.49. The number of nitrogens with zero attached hydrogens (tertiary/aromatic N) is 3. The van der Waals surface area contributed by atoms with E-state index in [9.17, 15) is 4.79 Å². The maximum atomic E-state index is 13.3. The van der Waals surface area contributed by atoms with Crippen molar-refractivity contribution < 1.29 is 14.2 Å². The molecule has 4 aromatic rings. The van der Waals surface area contributed by atoms with Gasteiger partial charge in [-0.25, -0.2) is 9.97 Å². The van der Waals surface area contributed by atoms with Gasteiger partial charge in [-0.3, -0.25) is 9.36 Å². The molecule has 1 aliphatic rings. The van der Waals surface area contributed by atoms with Crippen LogP contribution in [0.25, 0.3) is 21.5 Å². The third-order valence-corrected chi connectivity index (χ3v) is 7.71. The predicted octanol–water partition coefficient (Wildman–Crippen LogP) is 5.01. The molecule has 1 fully saturated rings. The summed E-state index contributed by atoms with van der Waals surface area (Å²) < 4.78 is 18.6. The van der Waals surface area contributed by atoms with Gasteiger partial charge in [-0.05, 0) is 37.1 Å². The van der Waals surface area contributed by atoms with Gasteiger partial charge >= 0.3 is 0 Å². The summed E-state index contributed by atoms with van der Waals surface area (Å²) in [4.78, 5) is 22.9. The highest BCUT2D eigenvalue weighted by Crippen LogP contribution is 2.39. The van der Waals surface area contributed by atoms with Crippen molar-refractivity contribution in [3.63, 3.8) is 0 Å². The van der Waals surface area contributed by atoms with Gasteiger partial charge in [0.05, 0.1) is 49.0 Å². The zero-order valence-corrected chi connectivity index (χ0v) is 20.7. The van der Waals surface area contributed by atoms with Crippen LogP contribution in [0.4, 0.5) is 0 Å². The summed E-state index contributed by atoms with van der Waals surface area (Å²) in [6.07, 6.45) is 2.03. The third kappa shape index (κ3) is 4.55. The number of benzene rings is 2. The van der Waals surface area contributed by atoms with Gasteiger partial charge in [0.25, 0.3) is 5.56 Å². The molecule has 176 valence electrons. The highest BCUT2D eigenvalue weighted by atomic mass is 32.2. The van der Waals surface area contributed by atoms with Gasteiger partial charge in [-0.1, -0.05) is 30.0 Å². The molecular weight excluding hydrogens is 470 g/mol. The molecule has 0 amide bonds. The highest BCUT2D eigenvalue weighted by Gasteiger charge is 2.21. The molecule has 0 saturated carbocycles. The molecule has 9 heteroatoms. The summed E-state index contributed by atoms with van der Waals surface area (Å²) in [7, 11) is 3.25. The van der Waals surface area contributed by atoms with Crippen LogP contribution in [0, 0.1) is 0 Å². The summed E-state index contributed by atoms with van der Waals surface area (Å²) >= 11 is 3.08. The van der Waals surface area contributed by atoms with E-state index >= 15 is 0 Å². The second-order valence-electron chi connectivity index (χ2n) is 7.94. The first-order valence-electron chi connectivity index (χ1n) is 11.1. The fourth-order valence-electron chi connectivity index (χ4n) is 4.10. The Balaban J connectivity index is 1.43. The lowest BCUT2D eigenvalue weighted by Crippen LogP contribution is -2.28. The standard InChI is InChI=1S/C25H25N3O4S2/c1-30-21-11-5-9-19(22(21)31-2)23-26-16(14-33-23)15-34-25-27-20-10-4-3-8-18(20)24(29)28(25)13-17-7-6-12-32-17/h3-5,8-11,14,17H,6-7,12-13,15H2,1-2H3. The zero-order valence-electron chi connectivity index (χ0n) is 19.0. The summed E-state index contributed by atoms with van der Waals surface area (Å²) in [6.45, 7) is 1.26. The van der Waals surface area contributed by atoms with Gasteiger partial charge in [-0.2, -0.15) is 0 Å². The Bertz CT molecular complexity index is 1360. The molecule has 1 saturated heterocycles. The summed E-state index contributed by atoms with van der Waals surface area (Å²) in [5, 5.41) is 4.21. The summed E-state index contributed by atoms with van der Waals surface area (Å²) in [5.74, 6) is 1.93. The Kier molecular flexibility index (Phi) is 6.85. The lowest BCUT2D eigenvalue weighted by molar-refractivity contribution is 0.0937. The molecule has 3 heterocycles. The molecule has 2 aromatic carbocycles. The first-order valence-corrected chi connectivity index (χ1v) is 12.9. The van der Waals surface area contributed by atoms with Crippen LogP contribution in [-0.4, -0.2) is 41.5 Å². The molecule has 1 atom stereocenters. The smallest absolute Gasteiger partial charge is 0.262 e. The number of ether oxygens (including phenoxy) is 3. The van der Waals surface area contributed by atoms with Crippen molar-refractivity contribution in [3.05, 3.63) is 63.9 Å². The maximum Gasteiger partial charge on any atom is 0.262 e. The Labute approximate surface area is 205 Å². The van der Waals surface area contributed by atoms with E-state index in [0.29, 0.717) is 39.9 Å². The molecule has 0 radical (unpaired) electrons. The van der Waals surface area contributed by atoms with Crippen LogP contribution >= 0.6 is 23.1 Å². The van der Waals surface area contributed by atoms with Crippen molar-refractivity contribution in [1.29, 1.82) is 0 Å². The van der Waals surface area contributed by atoms with Crippen molar-refractivity contribution in [2.45, 2.75) is 36.4 Å². The van der Waals surface area contributed by atoms with Gasteiger partial charge in [0.1, 0.15) is 5.01 Å². The minimum atomic E-state index is -0.0244. The van der Waals surface area contributed by atoms with E-state index in [1.165, 1.54) is 11.8 Å². The van der Waals surface area contributed by atoms with Crippen molar-refractivity contribution in [1.82, 2.24) is 14.5 Å². The number of aromatic nitrogens is 3. The van der Waals surface area contributed by atoms with E-state index in [4.69, 9.17) is 24.2 Å². The fraction of sp³-hybridized carbons (Fsp3) is 0.320. The van der Waals surface area contributed by atoms with E-state index < -0.39 is 0 Å². The average molecular weight is 496 g/mol. The van der Waals surface area contributed by atoms with Crippen molar-refractivity contribution in [2.24, 2.45) is 0 Å². The van der Waals surface area contributed by atoms with Crippen LogP contribution in [0.2, 0.25) is 0 Å². The molecule has 5 rings (SSSR count). The molecular formula is C25H25N3O4S2. The Morgan fingerprint density at radius 1 is 1.15 bits per heavy atom. The molecule has 7 nitrogen and oxygen atoms in total. The minimum Gasteiger partial charge on any atom is -0.493 e. The van der Waals surface area contributed by atoms with E-state index in [1.54, 1.807) is 30.1 Å². The Morgan fingerprint density at radius 3 is 2.82 bits per heavy atom. The van der Waals surface area contributed by atoms with E-state index in [0.717, 1.165) is 35.7 Å². The highest BCUT2D eigenvalue weighted by molar-refractivity contribution is 7.98. The second kappa shape index (κ2) is 10.2. The van der Waals surface area contributed by atoms with Crippen molar-refractivity contribution in [3.8, 4) is 22.1 Å². The number of thioether (sulfide) groups is 1. The third-order valence-electron chi connectivity index (χ3n) is 5.77. The minimum absolute atomic E-state index is 0.0244. The first kappa shape index (κ1) is 22.9. The van der Waals surface area contributed by atoms with Crippen molar-refractivity contribution >= 4 is 34.0 Å². The lowest BCUT2D eigenvalue weighted by atomic mass is 10.2. The number of fused-ring (bicyclic) bond motifs is 1. The second-order valence-corrected chi connectivity index (χ2v) is 9.74. The molecule has 0 N–H and O–H groups in total. The van der Waals surface area contributed by atoms with Gasteiger partial charge in [0.2, 0.25) is 0 Å². The fourth-order valence-corrected chi connectivity index (χ4v) is 5.95. The molecule has 0 aliphatic carbocycles. The lowest BCUT2D eigenvalue weighted by Gasteiger charge is -2.16. The van der Waals surface area contributed by atoms with Gasteiger partial charge < -0.3 is 14.2 Å². The van der Waals surface area contributed by atoms with Gasteiger partial charge in [0.15, 0.2) is 16.7 Å². The van der Waals surface area contributed by atoms with Crippen LogP contribution in [0.5, 0.6) is 11.5 Å². The largest absolute Gasteiger partial charge is 0.493 e. The van der Waals surface area contributed by atoms with E-state index in [-0.39, 0.29) is 11.7 Å². The van der Waals surface area contributed by atoms with Gasteiger partial charge in [-0.15, -0.1) is 11.3 Å². The number of hydrogen-bond donors (Lipinski definition) is 0. The molecule has 34 heavy (non-hydrogen) atoms. The normalized spacial score (nSPS) is 15.6. The maximum absolute atomic E-state index is 13.3.